The lowest BCUT2D eigenvalue weighted by molar-refractivity contribution is 0.317. The highest BCUT2D eigenvalue weighted by atomic mass is 79.9. The third-order valence-corrected chi connectivity index (χ3v) is 3.08. The molecule has 0 aliphatic carbocycles. The molecule has 0 bridgehead atoms. The van der Waals surface area contributed by atoms with Gasteiger partial charge in [0.2, 0.25) is 0 Å². The van der Waals surface area contributed by atoms with E-state index in [0.717, 1.165) is 15.9 Å². The quantitative estimate of drug-likeness (QED) is 0.379. The van der Waals surface area contributed by atoms with Crippen LogP contribution in [0.25, 0.3) is 0 Å². The monoisotopic (exact) mass is 314 g/mol. The third kappa shape index (κ3) is 3.87. The Kier molecular flexibility index (Phi) is 5.40. The van der Waals surface area contributed by atoms with Crippen LogP contribution in [0.15, 0.2) is 21.9 Å². The van der Waals surface area contributed by atoms with Crippen LogP contribution in [0.4, 0.5) is 5.82 Å². The van der Waals surface area contributed by atoms with Gasteiger partial charge < -0.3 is 15.8 Å². The van der Waals surface area contributed by atoms with Crippen LogP contribution in [0.1, 0.15) is 25.8 Å². The second-order valence-electron chi connectivity index (χ2n) is 4.42. The molecule has 6 heteroatoms. The van der Waals surface area contributed by atoms with Gasteiger partial charge in [-0.3, -0.25) is 0 Å². The highest BCUT2D eigenvalue weighted by Crippen LogP contribution is 2.22. The standard InChI is InChI=1S/C12H19BrN4O/c1-8(2)17(5-4-11(14)16-18)12-9(3)6-10(13)7-15-12/h6-8,18H,4-5H2,1-3H3,(H2,14,16). The van der Waals surface area contributed by atoms with Crippen molar-refractivity contribution in [1.82, 2.24) is 4.98 Å². The lowest BCUT2D eigenvalue weighted by Crippen LogP contribution is -2.35. The maximum absolute atomic E-state index is 8.57. The summed E-state index contributed by atoms with van der Waals surface area (Å²) in [6, 6.07) is 2.32. The summed E-state index contributed by atoms with van der Waals surface area (Å²) in [5.74, 6) is 1.16. The Bertz CT molecular complexity index is 434. The van der Waals surface area contributed by atoms with E-state index in [4.69, 9.17) is 10.9 Å². The molecule has 18 heavy (non-hydrogen) atoms. The van der Waals surface area contributed by atoms with E-state index in [0.29, 0.717) is 19.0 Å². The van der Waals surface area contributed by atoms with Gasteiger partial charge in [-0.25, -0.2) is 4.98 Å². The van der Waals surface area contributed by atoms with Gasteiger partial charge in [0.05, 0.1) is 0 Å². The van der Waals surface area contributed by atoms with Gasteiger partial charge in [-0.05, 0) is 48.3 Å². The van der Waals surface area contributed by atoms with Crippen LogP contribution < -0.4 is 10.6 Å². The molecule has 3 N–H and O–H groups in total. The largest absolute Gasteiger partial charge is 0.409 e. The third-order valence-electron chi connectivity index (χ3n) is 2.65. The first-order chi connectivity index (χ1) is 8.45. The Balaban J connectivity index is 2.91. The summed E-state index contributed by atoms with van der Waals surface area (Å²) in [7, 11) is 0. The Morgan fingerprint density at radius 1 is 1.61 bits per heavy atom. The van der Waals surface area contributed by atoms with Crippen LogP contribution in [-0.4, -0.2) is 28.6 Å². The number of oxime groups is 1. The van der Waals surface area contributed by atoms with E-state index in [2.05, 4.69) is 44.8 Å². The molecular formula is C12H19BrN4O. The second kappa shape index (κ2) is 6.58. The van der Waals surface area contributed by atoms with E-state index in [1.54, 1.807) is 6.20 Å². The molecule has 5 nitrogen and oxygen atoms in total. The molecule has 100 valence electrons. The van der Waals surface area contributed by atoms with Crippen LogP contribution in [0.3, 0.4) is 0 Å². The first-order valence-corrected chi connectivity index (χ1v) is 6.60. The normalized spacial score (nSPS) is 11.9. The molecule has 0 amide bonds. The number of anilines is 1. The van der Waals surface area contributed by atoms with Crippen molar-refractivity contribution in [3.8, 4) is 0 Å². The van der Waals surface area contributed by atoms with E-state index in [9.17, 15) is 0 Å². The van der Waals surface area contributed by atoms with Crippen LogP contribution >= 0.6 is 15.9 Å². The number of rotatable bonds is 5. The molecule has 1 aromatic rings. The van der Waals surface area contributed by atoms with Gasteiger partial charge in [0, 0.05) is 29.7 Å². The number of amidine groups is 1. The minimum Gasteiger partial charge on any atom is -0.409 e. The van der Waals surface area contributed by atoms with Crippen molar-refractivity contribution in [2.45, 2.75) is 33.2 Å². The topological polar surface area (TPSA) is 74.7 Å². The first-order valence-electron chi connectivity index (χ1n) is 5.81. The minimum absolute atomic E-state index is 0.232. The molecule has 0 atom stereocenters. The molecule has 0 radical (unpaired) electrons. The van der Waals surface area contributed by atoms with E-state index in [1.807, 2.05) is 13.0 Å². The molecule has 0 aromatic carbocycles. The zero-order valence-electron chi connectivity index (χ0n) is 10.9. The maximum atomic E-state index is 8.57. The Labute approximate surface area is 116 Å². The zero-order valence-corrected chi connectivity index (χ0v) is 12.5. The zero-order chi connectivity index (χ0) is 13.7. The average molecular weight is 315 g/mol. The predicted octanol–water partition coefficient (Wildman–Crippen LogP) is 2.50. The number of aryl methyl sites for hydroxylation is 1. The van der Waals surface area contributed by atoms with Gasteiger partial charge in [-0.15, -0.1) is 0 Å². The molecular weight excluding hydrogens is 296 g/mol. The number of hydrogen-bond acceptors (Lipinski definition) is 4. The summed E-state index contributed by atoms with van der Waals surface area (Å²) in [5, 5.41) is 11.6. The maximum Gasteiger partial charge on any atom is 0.140 e. The fourth-order valence-electron chi connectivity index (χ4n) is 1.73. The average Bonchev–Trinajstić information content (AvgIpc) is 2.31. The molecule has 0 fully saturated rings. The summed E-state index contributed by atoms with van der Waals surface area (Å²) >= 11 is 3.40. The number of pyridine rings is 1. The van der Waals surface area contributed by atoms with Gasteiger partial charge in [0.1, 0.15) is 11.7 Å². The summed E-state index contributed by atoms with van der Waals surface area (Å²) < 4.78 is 0.962. The first kappa shape index (κ1) is 14.8. The van der Waals surface area contributed by atoms with Gasteiger partial charge in [0.15, 0.2) is 0 Å². The number of nitrogens with zero attached hydrogens (tertiary/aromatic N) is 3. The molecule has 0 aliphatic heterocycles. The van der Waals surface area contributed by atoms with E-state index >= 15 is 0 Å². The molecule has 0 unspecified atom stereocenters. The van der Waals surface area contributed by atoms with Crippen LogP contribution in [0, 0.1) is 6.92 Å². The highest BCUT2D eigenvalue weighted by molar-refractivity contribution is 9.10. The lowest BCUT2D eigenvalue weighted by atomic mass is 10.2. The van der Waals surface area contributed by atoms with Crippen molar-refractivity contribution >= 4 is 27.6 Å². The fraction of sp³-hybridized carbons (Fsp3) is 0.500. The number of aromatic nitrogens is 1. The molecule has 1 heterocycles. The number of nitrogens with two attached hydrogens (primary N) is 1. The lowest BCUT2D eigenvalue weighted by Gasteiger charge is -2.29. The molecule has 1 rings (SSSR count). The van der Waals surface area contributed by atoms with Crippen molar-refractivity contribution in [3.05, 3.63) is 22.3 Å². The highest BCUT2D eigenvalue weighted by Gasteiger charge is 2.14. The summed E-state index contributed by atoms with van der Waals surface area (Å²) in [5.41, 5.74) is 6.60. The molecule has 0 aliphatic rings. The van der Waals surface area contributed by atoms with Crippen LogP contribution in [-0.2, 0) is 0 Å². The van der Waals surface area contributed by atoms with Gasteiger partial charge in [-0.1, -0.05) is 5.16 Å². The van der Waals surface area contributed by atoms with Gasteiger partial charge >= 0.3 is 0 Å². The summed E-state index contributed by atoms with van der Waals surface area (Å²) in [6.07, 6.45) is 2.28. The number of halogens is 1. The van der Waals surface area contributed by atoms with E-state index < -0.39 is 0 Å². The summed E-state index contributed by atoms with van der Waals surface area (Å²) in [6.45, 7) is 6.87. The molecule has 0 spiro atoms. The van der Waals surface area contributed by atoms with Crippen LogP contribution in [0.5, 0.6) is 0 Å². The molecule has 0 saturated heterocycles. The van der Waals surface area contributed by atoms with Crippen molar-refractivity contribution in [2.75, 3.05) is 11.4 Å². The van der Waals surface area contributed by atoms with E-state index in [1.165, 1.54) is 0 Å². The summed E-state index contributed by atoms with van der Waals surface area (Å²) in [4.78, 5) is 6.58. The Morgan fingerprint density at radius 3 is 2.78 bits per heavy atom. The number of hydrogen-bond donors (Lipinski definition) is 2. The smallest absolute Gasteiger partial charge is 0.140 e. The van der Waals surface area contributed by atoms with Gasteiger partial charge in [0.25, 0.3) is 0 Å². The Morgan fingerprint density at radius 2 is 2.28 bits per heavy atom. The van der Waals surface area contributed by atoms with Crippen molar-refractivity contribution < 1.29 is 5.21 Å². The predicted molar refractivity (Wildman–Crippen MR) is 77.2 cm³/mol. The van der Waals surface area contributed by atoms with Crippen molar-refractivity contribution in [3.63, 3.8) is 0 Å². The van der Waals surface area contributed by atoms with Crippen molar-refractivity contribution in [1.29, 1.82) is 0 Å². The van der Waals surface area contributed by atoms with Crippen molar-refractivity contribution in [2.24, 2.45) is 10.9 Å². The van der Waals surface area contributed by atoms with Gasteiger partial charge in [-0.2, -0.15) is 0 Å². The van der Waals surface area contributed by atoms with Crippen LogP contribution in [0.2, 0.25) is 0 Å². The fourth-order valence-corrected chi connectivity index (χ4v) is 2.17. The Hall–Kier alpha value is -1.30. The van der Waals surface area contributed by atoms with E-state index in [-0.39, 0.29) is 5.84 Å². The second-order valence-corrected chi connectivity index (χ2v) is 5.34. The SMILES string of the molecule is Cc1cc(Br)cnc1N(CCC(N)=NO)C(C)C. The minimum atomic E-state index is 0.232. The molecule has 1 aromatic heterocycles. The molecule has 0 saturated carbocycles.